The average Bonchev–Trinajstić information content (AvgIpc) is 3.27. The number of amides is 1. The predicted octanol–water partition coefficient (Wildman–Crippen LogP) is 2.05. The molecule has 126 valence electrons. The summed E-state index contributed by atoms with van der Waals surface area (Å²) in [6.45, 7) is 4.39. The summed E-state index contributed by atoms with van der Waals surface area (Å²) >= 11 is 0. The fraction of sp³-hybridized carbons (Fsp3) is 0.278. The topological polar surface area (TPSA) is 113 Å². The lowest BCUT2D eigenvalue weighted by Gasteiger charge is -2.13. The van der Waals surface area contributed by atoms with Crippen molar-refractivity contribution in [3.8, 4) is 6.07 Å². The fourth-order valence-corrected chi connectivity index (χ4v) is 3.06. The summed E-state index contributed by atoms with van der Waals surface area (Å²) in [6, 6.07) is 7.74. The Morgan fingerprint density at radius 2 is 2.32 bits per heavy atom. The number of nitrogen functional groups attached to an aromatic ring is 1. The van der Waals surface area contributed by atoms with E-state index in [1.165, 1.54) is 0 Å². The smallest absolute Gasteiger partial charge is 0.230 e. The van der Waals surface area contributed by atoms with Gasteiger partial charge in [0, 0.05) is 17.3 Å². The van der Waals surface area contributed by atoms with Crippen LogP contribution in [0.25, 0.3) is 10.8 Å². The van der Waals surface area contributed by atoms with Gasteiger partial charge in [0.25, 0.3) is 0 Å². The standard InChI is InChI=1S/C18H17N5O2/c1-9-21-8-16(25-9)11-2-10-5-17(22-7-14(10)15(20)4-11)23-18(24)13-3-12(13)6-19/h2,4-5,7,12-13,16,21H,1,3,8,20H2,(H,22,23,24)/t12-,13+,16?/m1/s1. The van der Waals surface area contributed by atoms with Crippen LogP contribution < -0.4 is 16.4 Å². The number of nitrogens with zero attached hydrogens (tertiary/aromatic N) is 2. The minimum absolute atomic E-state index is 0.145. The molecule has 3 atom stereocenters. The monoisotopic (exact) mass is 335 g/mol. The van der Waals surface area contributed by atoms with Gasteiger partial charge in [-0.15, -0.1) is 0 Å². The number of aromatic nitrogens is 1. The van der Waals surface area contributed by atoms with E-state index >= 15 is 0 Å². The molecule has 1 saturated carbocycles. The minimum atomic E-state index is -0.233. The lowest BCUT2D eigenvalue weighted by molar-refractivity contribution is -0.117. The van der Waals surface area contributed by atoms with Crippen LogP contribution in [-0.2, 0) is 9.53 Å². The molecule has 1 unspecified atom stereocenters. The Hall–Kier alpha value is -3.27. The number of benzene rings is 1. The van der Waals surface area contributed by atoms with Crippen LogP contribution in [0.3, 0.4) is 0 Å². The largest absolute Gasteiger partial charge is 0.470 e. The van der Waals surface area contributed by atoms with Gasteiger partial charge in [-0.2, -0.15) is 5.26 Å². The van der Waals surface area contributed by atoms with E-state index in [1.807, 2.05) is 12.1 Å². The van der Waals surface area contributed by atoms with E-state index < -0.39 is 0 Å². The molecule has 1 saturated heterocycles. The summed E-state index contributed by atoms with van der Waals surface area (Å²) in [5.41, 5.74) is 7.68. The molecular formula is C18H17N5O2. The first-order valence-corrected chi connectivity index (χ1v) is 8.04. The van der Waals surface area contributed by atoms with Crippen LogP contribution in [0.1, 0.15) is 18.1 Å². The summed E-state index contributed by atoms with van der Waals surface area (Å²) in [6.07, 6.45) is 2.11. The Balaban J connectivity index is 1.61. The normalized spacial score (nSPS) is 24.3. The van der Waals surface area contributed by atoms with Crippen molar-refractivity contribution in [2.75, 3.05) is 17.6 Å². The van der Waals surface area contributed by atoms with Crippen molar-refractivity contribution in [3.05, 3.63) is 42.4 Å². The fourth-order valence-electron chi connectivity index (χ4n) is 3.06. The van der Waals surface area contributed by atoms with E-state index in [0.717, 1.165) is 16.3 Å². The molecule has 0 spiro atoms. The Kier molecular flexibility index (Phi) is 3.46. The quantitative estimate of drug-likeness (QED) is 0.740. The molecule has 4 N–H and O–H groups in total. The van der Waals surface area contributed by atoms with Crippen LogP contribution in [0.15, 0.2) is 36.9 Å². The zero-order valence-corrected chi connectivity index (χ0v) is 13.5. The lowest BCUT2D eigenvalue weighted by atomic mass is 10.0. The van der Waals surface area contributed by atoms with E-state index in [0.29, 0.717) is 30.4 Å². The van der Waals surface area contributed by atoms with Gasteiger partial charge in [0.05, 0.1) is 24.4 Å². The van der Waals surface area contributed by atoms with Crippen LogP contribution in [-0.4, -0.2) is 17.4 Å². The van der Waals surface area contributed by atoms with Crippen molar-refractivity contribution in [2.45, 2.75) is 12.5 Å². The Bertz CT molecular complexity index is 933. The van der Waals surface area contributed by atoms with Crippen molar-refractivity contribution in [1.82, 2.24) is 10.3 Å². The van der Waals surface area contributed by atoms with E-state index in [2.05, 4.69) is 28.3 Å². The van der Waals surface area contributed by atoms with Crippen molar-refractivity contribution in [1.29, 1.82) is 5.26 Å². The van der Waals surface area contributed by atoms with Crippen molar-refractivity contribution in [3.63, 3.8) is 0 Å². The number of rotatable bonds is 3. The van der Waals surface area contributed by atoms with Crippen LogP contribution in [0.4, 0.5) is 11.5 Å². The number of nitrogens with two attached hydrogens (primary N) is 1. The highest BCUT2D eigenvalue weighted by Gasteiger charge is 2.43. The molecule has 1 aliphatic heterocycles. The van der Waals surface area contributed by atoms with E-state index in [-0.39, 0.29) is 23.8 Å². The third-order valence-corrected chi connectivity index (χ3v) is 4.58. The molecule has 25 heavy (non-hydrogen) atoms. The second kappa shape index (κ2) is 5.67. The number of ether oxygens (including phenoxy) is 1. The maximum Gasteiger partial charge on any atom is 0.230 e. The van der Waals surface area contributed by atoms with Gasteiger partial charge in [0.15, 0.2) is 5.88 Å². The summed E-state index contributed by atoms with van der Waals surface area (Å²) in [5.74, 6) is 0.420. The zero-order chi connectivity index (χ0) is 17.6. The van der Waals surface area contributed by atoms with E-state index in [9.17, 15) is 4.79 Å². The van der Waals surface area contributed by atoms with Gasteiger partial charge in [-0.3, -0.25) is 4.79 Å². The van der Waals surface area contributed by atoms with Gasteiger partial charge < -0.3 is 21.1 Å². The van der Waals surface area contributed by atoms with E-state index in [1.54, 1.807) is 12.3 Å². The zero-order valence-electron chi connectivity index (χ0n) is 13.5. The van der Waals surface area contributed by atoms with Crippen LogP contribution in [0.5, 0.6) is 0 Å². The first-order chi connectivity index (χ1) is 12.0. The number of hydrogen-bond donors (Lipinski definition) is 3. The lowest BCUT2D eigenvalue weighted by Crippen LogP contribution is -2.15. The number of carbonyl (C=O) groups is 1. The Morgan fingerprint density at radius 1 is 1.48 bits per heavy atom. The molecule has 0 bridgehead atoms. The molecule has 2 aromatic rings. The van der Waals surface area contributed by atoms with Crippen LogP contribution in [0, 0.1) is 23.2 Å². The van der Waals surface area contributed by atoms with Gasteiger partial charge in [0.2, 0.25) is 5.91 Å². The third-order valence-electron chi connectivity index (χ3n) is 4.58. The first kappa shape index (κ1) is 15.3. The SMILES string of the molecule is C=C1NCC(c2cc(N)c3cnc(NC(=O)[C@H]4C[C@@H]4C#N)cc3c2)O1. The molecule has 0 radical (unpaired) electrons. The number of anilines is 2. The maximum absolute atomic E-state index is 12.1. The van der Waals surface area contributed by atoms with Crippen molar-refractivity contribution >= 4 is 28.2 Å². The predicted molar refractivity (Wildman–Crippen MR) is 93.0 cm³/mol. The van der Waals surface area contributed by atoms with Gasteiger partial charge in [-0.25, -0.2) is 4.98 Å². The minimum Gasteiger partial charge on any atom is -0.470 e. The summed E-state index contributed by atoms with van der Waals surface area (Å²) < 4.78 is 5.63. The second-order valence-electron chi connectivity index (χ2n) is 6.38. The molecule has 4 rings (SSSR count). The summed E-state index contributed by atoms with van der Waals surface area (Å²) in [7, 11) is 0. The van der Waals surface area contributed by atoms with Crippen molar-refractivity contribution in [2.24, 2.45) is 11.8 Å². The molecule has 1 aliphatic carbocycles. The number of hydrogen-bond acceptors (Lipinski definition) is 6. The summed E-state index contributed by atoms with van der Waals surface area (Å²) in [5, 5.41) is 16.3. The maximum atomic E-state index is 12.1. The summed E-state index contributed by atoms with van der Waals surface area (Å²) in [4.78, 5) is 16.3. The van der Waals surface area contributed by atoms with Gasteiger partial charge in [0.1, 0.15) is 11.9 Å². The highest BCUT2D eigenvalue weighted by molar-refractivity contribution is 5.98. The number of carbonyl (C=O) groups excluding carboxylic acids is 1. The van der Waals surface area contributed by atoms with E-state index in [4.69, 9.17) is 15.7 Å². The highest BCUT2D eigenvalue weighted by atomic mass is 16.5. The molecule has 2 fully saturated rings. The number of nitriles is 1. The first-order valence-electron chi connectivity index (χ1n) is 8.04. The van der Waals surface area contributed by atoms with Crippen LogP contribution >= 0.6 is 0 Å². The molecule has 1 aromatic heterocycles. The number of fused-ring (bicyclic) bond motifs is 1. The van der Waals surface area contributed by atoms with Gasteiger partial charge in [-0.05, 0) is 42.1 Å². The molecular weight excluding hydrogens is 318 g/mol. The molecule has 7 nitrogen and oxygen atoms in total. The average molecular weight is 335 g/mol. The Labute approximate surface area is 144 Å². The van der Waals surface area contributed by atoms with Crippen LogP contribution in [0.2, 0.25) is 0 Å². The second-order valence-corrected chi connectivity index (χ2v) is 6.38. The van der Waals surface area contributed by atoms with Crippen molar-refractivity contribution < 1.29 is 9.53 Å². The molecule has 2 heterocycles. The molecule has 2 aliphatic rings. The molecule has 1 aromatic carbocycles. The third kappa shape index (κ3) is 2.83. The molecule has 1 amide bonds. The van der Waals surface area contributed by atoms with Gasteiger partial charge in [-0.1, -0.05) is 0 Å². The van der Waals surface area contributed by atoms with Gasteiger partial charge >= 0.3 is 0 Å². The Morgan fingerprint density at radius 3 is 3.00 bits per heavy atom. The highest BCUT2D eigenvalue weighted by Crippen LogP contribution is 2.38. The molecule has 7 heteroatoms. The number of nitrogens with one attached hydrogen (secondary N) is 2. The number of pyridine rings is 1.